The first-order valence-electron chi connectivity index (χ1n) is 56.5. The zero-order valence-electron chi connectivity index (χ0n) is 92.0. The predicted molar refractivity (Wildman–Crippen MR) is 548 cm³/mol. The predicted octanol–water partition coefficient (Wildman–Crippen LogP) is 13.6. The summed E-state index contributed by atoms with van der Waals surface area (Å²) in [6, 6.07) is 0. The number of rotatable bonds is 14. The van der Waals surface area contributed by atoms with E-state index in [-0.39, 0.29) is 134 Å². The summed E-state index contributed by atoms with van der Waals surface area (Å²) in [5.41, 5.74) is -6.75. The van der Waals surface area contributed by atoms with E-state index in [9.17, 15) is 119 Å². The number of fused-ring (bicyclic) bond motifs is 25. The number of ketones is 8. The van der Waals surface area contributed by atoms with Gasteiger partial charge in [0, 0.05) is 87.4 Å². The van der Waals surface area contributed by atoms with Crippen molar-refractivity contribution in [3.05, 3.63) is 46.6 Å². The Morgan fingerprint density at radius 1 is 0.349 bits per heavy atom. The highest BCUT2D eigenvalue weighted by Crippen LogP contribution is 2.75. The van der Waals surface area contributed by atoms with Gasteiger partial charge in [0.2, 0.25) is 23.1 Å². The van der Waals surface area contributed by atoms with Crippen LogP contribution in [-0.4, -0.2) is 240 Å². The van der Waals surface area contributed by atoms with Crippen molar-refractivity contribution in [1.82, 2.24) is 0 Å². The van der Waals surface area contributed by atoms with Crippen LogP contribution in [-0.2, 0) is 81.3 Å². The summed E-state index contributed by atoms with van der Waals surface area (Å²) in [6.45, 7) is 31.1. The molecule has 0 unspecified atom stereocenters. The van der Waals surface area contributed by atoms with E-state index in [0.29, 0.717) is 108 Å². The summed E-state index contributed by atoms with van der Waals surface area (Å²) in [5, 5.41) is 141. The van der Waals surface area contributed by atoms with E-state index in [2.05, 4.69) is 67.5 Å². The lowest BCUT2D eigenvalue weighted by molar-refractivity contribution is -0.203. The first-order chi connectivity index (χ1) is 69.4. The molecule has 149 heavy (non-hydrogen) atoms. The monoisotopic (exact) mass is 2090 g/mol. The van der Waals surface area contributed by atoms with Crippen molar-refractivity contribution in [2.45, 2.75) is 427 Å². The fourth-order valence-electron chi connectivity index (χ4n) is 38.1. The van der Waals surface area contributed by atoms with Gasteiger partial charge in [-0.1, -0.05) is 118 Å². The highest BCUT2D eigenvalue weighted by molar-refractivity contribution is 5.95. The molecular formula is C119H178O30. The molecule has 0 aromatic rings. The quantitative estimate of drug-likeness (QED) is 0.0567. The van der Waals surface area contributed by atoms with E-state index < -0.39 is 177 Å². The zero-order chi connectivity index (χ0) is 110. The number of aliphatic hydroxyl groups is 12. The molecule has 30 heteroatoms. The average molecular weight is 2090 g/mol. The van der Waals surface area contributed by atoms with Gasteiger partial charge in [-0.3, -0.25) is 62.3 Å². The maximum atomic E-state index is 12.9. The molecule has 834 valence electrons. The van der Waals surface area contributed by atoms with Crippen LogP contribution in [0, 0.1) is 155 Å². The molecule has 0 aromatic carbocycles. The first-order valence-corrected chi connectivity index (χ1v) is 56.5. The number of allylic oxidation sites excluding steroid dienone is 6. The van der Waals surface area contributed by atoms with E-state index >= 15 is 0 Å². The molecule has 16 saturated carbocycles. The van der Waals surface area contributed by atoms with Gasteiger partial charge >= 0.3 is 23.9 Å². The lowest BCUT2D eigenvalue weighted by Gasteiger charge is -2.62. The van der Waals surface area contributed by atoms with Crippen LogP contribution in [0.1, 0.15) is 362 Å². The van der Waals surface area contributed by atoms with E-state index in [1.165, 1.54) is 50.8 Å². The molecule has 16 fully saturated rings. The summed E-state index contributed by atoms with van der Waals surface area (Å²) in [4.78, 5) is 153. The Morgan fingerprint density at radius 3 is 0.993 bits per heavy atom. The van der Waals surface area contributed by atoms with Crippen LogP contribution in [0.3, 0.4) is 0 Å². The van der Waals surface area contributed by atoms with Gasteiger partial charge in [-0.05, 0) is 358 Å². The van der Waals surface area contributed by atoms with Crippen molar-refractivity contribution in [2.75, 3.05) is 33.0 Å². The molecule has 30 nitrogen and oxygen atoms in total. The van der Waals surface area contributed by atoms with Gasteiger partial charge in [0.1, 0.15) is 40.4 Å². The van der Waals surface area contributed by atoms with Crippen LogP contribution in [0.2, 0.25) is 0 Å². The molecule has 0 radical (unpaired) electrons. The lowest BCUT2D eigenvalue weighted by atomic mass is 9.43. The van der Waals surface area contributed by atoms with Crippen LogP contribution < -0.4 is 0 Å². The number of aliphatic hydroxyl groups excluding tert-OH is 7. The minimum Gasteiger partial charge on any atom is -0.481 e. The van der Waals surface area contributed by atoms with Gasteiger partial charge in [0.25, 0.3) is 5.97 Å². The van der Waals surface area contributed by atoms with E-state index in [1.54, 1.807) is 12.2 Å². The molecular weight excluding hydrogens is 1910 g/mol. The Hall–Kier alpha value is -6.81. The minimum absolute atomic E-state index is 0.00531. The standard InChI is InChI=1S/C24H34O5.C23H36O6.C23H34O6.C23H32O6.C21H30O5.C3H8.C2H4O2/c1-14-7-9-22(3)16(11-14)5-6-17-18-8-10-24(28,20(27)13-29-15(2)25)23(18,4)12-19(26)21(17)22;3*1-13(24)29-12-19(27)23(28)9-7-17-16-5-4-14-10-15(25)6-8-21(14,2)20(16)18(26)11-22(17,23)3;1-19-7-5-13(23)9-12(19)3-4-14-15-6-8-21(26,17(25)11-22)20(15,2)10-16(24)18(14)19;1-3-2;1-2(3)4/h5,11,17-19,21,26,28H,6-10,12-13H2,1-4H3;14-18,20,25-26,28H,4-12H2,1-3H3;14,16-18,20,26,28H,4-12H2,1-3H3;10,16-18,20,26,28H,4-9,11-12H2,1-3H3;9,14-16,18,22,24,26H,3-8,10-11H2,1-2H3;3H2,1-2H3;1H3,(H,3,4)/t17-,18-,19-,21+,22-,23-,24-;14-,15+,16-,17-,18-,20+,21-,22-,23-;14-,16-,17-,18-,20+,21-,22-,23-;16-,17-,18-,20+,21-,22-,23-;14-,15-,16-,18+,19-,20-,21-;;/m00000../s1. The van der Waals surface area contributed by atoms with Crippen LogP contribution >= 0.6 is 0 Å². The molecule has 20 rings (SSSR count). The largest absolute Gasteiger partial charge is 0.481 e. The van der Waals surface area contributed by atoms with E-state index in [0.717, 1.165) is 154 Å². The molecule has 13 N–H and O–H groups in total. The van der Waals surface area contributed by atoms with Crippen molar-refractivity contribution >= 4 is 76.1 Å². The maximum absolute atomic E-state index is 12.9. The third kappa shape index (κ3) is 20.0. The van der Waals surface area contributed by atoms with E-state index in [1.807, 2.05) is 34.6 Å². The molecule has 0 spiro atoms. The summed E-state index contributed by atoms with van der Waals surface area (Å²) in [5.74, 6) is -1.31. The zero-order valence-corrected chi connectivity index (χ0v) is 92.0. The summed E-state index contributed by atoms with van der Waals surface area (Å²) >= 11 is 0. The number of esters is 4. The topological polar surface area (TPSA) is 522 Å². The van der Waals surface area contributed by atoms with Crippen molar-refractivity contribution in [3.63, 3.8) is 0 Å². The van der Waals surface area contributed by atoms with Crippen LogP contribution in [0.25, 0.3) is 0 Å². The smallest absolute Gasteiger partial charge is 0.303 e. The van der Waals surface area contributed by atoms with Gasteiger partial charge in [0.15, 0.2) is 43.8 Å². The Balaban J connectivity index is 0.000000144. The molecule has 0 amide bonds. The van der Waals surface area contributed by atoms with Crippen LogP contribution in [0.5, 0.6) is 0 Å². The number of Topliss-reactive ketones (excluding diaryl/α,β-unsaturated/α-hetero) is 6. The first kappa shape index (κ1) is 118. The highest BCUT2D eigenvalue weighted by Gasteiger charge is 2.76. The SMILES string of the molecule is CC(=O)O.CC(=O)OCC(=O)[C@@]1(O)CC[C@H]2[C@@H]3CC=C4C=C(C)CC[C@]4(C)[C@H]3[C@@H](O)C[C@@]21C.CC(=O)OCC(=O)[C@@]1(O)CC[C@H]2[C@@H]3CCC4=CC(=O)CC[C@]4(C)[C@H]3[C@@H](O)C[C@@]21C.CC(=O)OCC(=O)[C@@]1(O)CC[C@H]2[C@@H]3CC[C@H]4CC(=O)CC[C@]4(C)[C@H]3[C@@H](O)C[C@@]21C.CC(=O)OCC(=O)[C@@]1(O)CC[C@H]2[C@@H]3CC[C@H]4C[C@H](O)CC[C@]4(C)[C@H]3[C@@H](O)C[C@@]21C.CCC.C[C@]12CCC(=O)C=C1CC[C@@H]1[C@@H]2[C@@H](O)C[C@@]2(C)[C@H]1CC[C@]2(O)C(=O)CO. The number of carbonyl (C=O) groups is 13. The van der Waals surface area contributed by atoms with Gasteiger partial charge in [-0.15, -0.1) is 0 Å². The van der Waals surface area contributed by atoms with E-state index in [4.69, 9.17) is 28.8 Å². The van der Waals surface area contributed by atoms with Crippen molar-refractivity contribution in [1.29, 1.82) is 0 Å². The molecule has 0 saturated heterocycles. The molecule has 0 bridgehead atoms. The lowest BCUT2D eigenvalue weighted by Crippen LogP contribution is -2.63. The normalized spacial score (nSPS) is 46.6. The van der Waals surface area contributed by atoms with Gasteiger partial charge < -0.3 is 85.3 Å². The number of hydrogen-bond acceptors (Lipinski definition) is 29. The number of ether oxygens (including phenoxy) is 4. The molecule has 20 aliphatic rings. The second kappa shape index (κ2) is 43.3. The fourth-order valence-corrected chi connectivity index (χ4v) is 38.1. The van der Waals surface area contributed by atoms with Crippen LogP contribution in [0.15, 0.2) is 46.6 Å². The molecule has 38 atom stereocenters. The summed E-state index contributed by atoms with van der Waals surface area (Å²) in [6.07, 6.45) is 31.2. The summed E-state index contributed by atoms with van der Waals surface area (Å²) < 4.78 is 19.6. The molecule has 0 aromatic heterocycles. The number of hydrogen-bond donors (Lipinski definition) is 13. The number of carbonyl (C=O) groups excluding carboxylic acids is 12. The number of aliphatic carboxylic acids is 1. The van der Waals surface area contributed by atoms with Crippen molar-refractivity contribution < 1.29 is 148 Å². The molecule has 0 heterocycles. The Bertz CT molecular complexity index is 5260. The Labute approximate surface area is 880 Å². The fraction of sp³-hybridized carbons (Fsp3) is 0.824. The van der Waals surface area contributed by atoms with Gasteiger partial charge in [-0.25, -0.2) is 0 Å². The second-order valence-electron chi connectivity index (χ2n) is 52.8. The number of carboxylic acids is 1. The van der Waals surface area contributed by atoms with Gasteiger partial charge in [-0.2, -0.15) is 0 Å². The molecule has 20 aliphatic carbocycles. The van der Waals surface area contributed by atoms with Gasteiger partial charge in [0.05, 0.1) is 36.6 Å². The average Bonchev–Trinajstić information content (AvgIpc) is 1.59. The van der Waals surface area contributed by atoms with Crippen molar-refractivity contribution in [2.24, 2.45) is 155 Å². The number of carboxylic acid groups (broad SMARTS) is 1. The Morgan fingerprint density at radius 2 is 0.651 bits per heavy atom. The molecule has 0 aliphatic heterocycles. The maximum Gasteiger partial charge on any atom is 0.303 e. The highest BCUT2D eigenvalue weighted by atomic mass is 16.6. The van der Waals surface area contributed by atoms with Crippen LogP contribution in [0.4, 0.5) is 0 Å². The van der Waals surface area contributed by atoms with Crippen molar-refractivity contribution in [3.8, 4) is 0 Å². The third-order valence-corrected chi connectivity index (χ3v) is 45.5. The summed E-state index contributed by atoms with van der Waals surface area (Å²) in [7, 11) is 0. The Kier molecular flexibility index (Phi) is 34.2. The second-order valence-corrected chi connectivity index (χ2v) is 52.8. The minimum atomic E-state index is -1.58. The third-order valence-electron chi connectivity index (χ3n) is 45.5.